The molecule has 1 atom stereocenters. The van der Waals surface area contributed by atoms with Crippen LogP contribution in [0, 0.1) is 0 Å². The molecule has 0 radical (unpaired) electrons. The molecule has 0 aromatic heterocycles. The molecule has 1 fully saturated rings. The van der Waals surface area contributed by atoms with Gasteiger partial charge >= 0.3 is 0 Å². The van der Waals surface area contributed by atoms with Gasteiger partial charge in [0.05, 0.1) is 0 Å². The lowest BCUT2D eigenvalue weighted by atomic mass is 10.0. The molecule has 23 heavy (non-hydrogen) atoms. The van der Waals surface area contributed by atoms with Gasteiger partial charge < -0.3 is 10.6 Å². The van der Waals surface area contributed by atoms with E-state index in [1.165, 1.54) is 25.8 Å². The van der Waals surface area contributed by atoms with Crippen molar-refractivity contribution in [2.45, 2.75) is 38.8 Å². The van der Waals surface area contributed by atoms with Crippen LogP contribution in [0.2, 0.25) is 5.02 Å². The van der Waals surface area contributed by atoms with Gasteiger partial charge in [-0.05, 0) is 37.9 Å². The second kappa shape index (κ2) is 11.1. The van der Waals surface area contributed by atoms with Gasteiger partial charge in [0.15, 0.2) is 5.96 Å². The number of aliphatic imine (C=N–C) groups is 1. The number of likely N-dealkylation sites (tertiary alicyclic amines) is 1. The zero-order chi connectivity index (χ0) is 15.8. The summed E-state index contributed by atoms with van der Waals surface area (Å²) in [4.78, 5) is 6.82. The number of halogens is 2. The minimum Gasteiger partial charge on any atom is -0.355 e. The molecule has 2 N–H and O–H groups in total. The quantitative estimate of drug-likeness (QED) is 0.410. The molecule has 6 heteroatoms. The fourth-order valence-electron chi connectivity index (χ4n) is 2.85. The minimum atomic E-state index is 0. The topological polar surface area (TPSA) is 39.7 Å². The van der Waals surface area contributed by atoms with Crippen LogP contribution < -0.4 is 10.6 Å². The molecule has 1 aromatic rings. The number of guanidine groups is 1. The van der Waals surface area contributed by atoms with Crippen LogP contribution in [0.5, 0.6) is 0 Å². The molecule has 4 nitrogen and oxygen atoms in total. The molecule has 0 amide bonds. The van der Waals surface area contributed by atoms with Crippen LogP contribution in [0.15, 0.2) is 29.3 Å². The first kappa shape index (κ1) is 20.5. The Kier molecular flexibility index (Phi) is 9.90. The summed E-state index contributed by atoms with van der Waals surface area (Å²) in [6.07, 6.45) is 4.01. The van der Waals surface area contributed by atoms with E-state index in [2.05, 4.69) is 27.4 Å². The highest BCUT2D eigenvalue weighted by Crippen LogP contribution is 2.15. The lowest BCUT2D eigenvalue weighted by Crippen LogP contribution is -2.45. The molecule has 1 heterocycles. The van der Waals surface area contributed by atoms with Gasteiger partial charge in [-0.1, -0.05) is 36.2 Å². The molecule has 1 aliphatic rings. The van der Waals surface area contributed by atoms with E-state index in [-0.39, 0.29) is 24.0 Å². The van der Waals surface area contributed by atoms with Gasteiger partial charge in [0.1, 0.15) is 0 Å². The zero-order valence-electron chi connectivity index (χ0n) is 14.0. The van der Waals surface area contributed by atoms with Crippen LogP contribution in [0.25, 0.3) is 0 Å². The van der Waals surface area contributed by atoms with Crippen LogP contribution in [-0.2, 0) is 6.54 Å². The highest BCUT2D eigenvalue weighted by Gasteiger charge is 2.17. The first-order chi connectivity index (χ1) is 10.7. The number of piperidine rings is 1. The molecule has 0 saturated carbocycles. The molecule has 0 bridgehead atoms. The van der Waals surface area contributed by atoms with Crippen molar-refractivity contribution in [2.24, 2.45) is 4.99 Å². The minimum absolute atomic E-state index is 0. The van der Waals surface area contributed by atoms with Gasteiger partial charge in [0.2, 0.25) is 0 Å². The Morgan fingerprint density at radius 1 is 1.30 bits per heavy atom. The highest BCUT2D eigenvalue weighted by molar-refractivity contribution is 14.0. The van der Waals surface area contributed by atoms with Crippen molar-refractivity contribution >= 4 is 41.5 Å². The lowest BCUT2D eigenvalue weighted by Gasteiger charge is -2.33. The standard InChI is InChI=1S/C17H27ClN4.HI/c1-14-7-5-6-11-22(14)12-10-20-17(19-2)21-13-15-8-3-4-9-16(15)18;/h3-4,8-9,14H,5-7,10-13H2,1-2H3,(H2,19,20,21);1H. The average molecular weight is 451 g/mol. The summed E-state index contributed by atoms with van der Waals surface area (Å²) in [5.41, 5.74) is 1.08. The maximum atomic E-state index is 6.17. The highest BCUT2D eigenvalue weighted by atomic mass is 127. The van der Waals surface area contributed by atoms with E-state index >= 15 is 0 Å². The summed E-state index contributed by atoms with van der Waals surface area (Å²) in [5.74, 6) is 0.824. The summed E-state index contributed by atoms with van der Waals surface area (Å²) >= 11 is 6.17. The first-order valence-corrected chi connectivity index (χ1v) is 8.50. The van der Waals surface area contributed by atoms with Crippen LogP contribution >= 0.6 is 35.6 Å². The molecule has 130 valence electrons. The van der Waals surface area contributed by atoms with Crippen molar-refractivity contribution in [3.05, 3.63) is 34.9 Å². The van der Waals surface area contributed by atoms with E-state index in [4.69, 9.17) is 11.6 Å². The Bertz CT molecular complexity index is 495. The van der Waals surface area contributed by atoms with Crippen molar-refractivity contribution in [3.63, 3.8) is 0 Å². The van der Waals surface area contributed by atoms with Crippen molar-refractivity contribution in [1.82, 2.24) is 15.5 Å². The molecule has 0 aliphatic carbocycles. The number of nitrogens with zero attached hydrogens (tertiary/aromatic N) is 2. The second-order valence-electron chi connectivity index (χ2n) is 5.82. The molecular weight excluding hydrogens is 423 g/mol. The van der Waals surface area contributed by atoms with Crippen molar-refractivity contribution < 1.29 is 0 Å². The van der Waals surface area contributed by atoms with Gasteiger partial charge in [-0.3, -0.25) is 9.89 Å². The Labute approximate surface area is 162 Å². The van der Waals surface area contributed by atoms with E-state index in [0.29, 0.717) is 12.6 Å². The largest absolute Gasteiger partial charge is 0.355 e. The SMILES string of the molecule is CN=C(NCCN1CCCCC1C)NCc1ccccc1Cl.I. The Morgan fingerprint density at radius 2 is 2.09 bits per heavy atom. The van der Waals surface area contributed by atoms with Crippen molar-refractivity contribution in [3.8, 4) is 0 Å². The third-order valence-electron chi connectivity index (χ3n) is 4.26. The Hall–Kier alpha value is -0.530. The van der Waals surface area contributed by atoms with E-state index < -0.39 is 0 Å². The second-order valence-corrected chi connectivity index (χ2v) is 6.23. The normalized spacial score (nSPS) is 19.1. The molecule has 2 rings (SSSR count). The predicted octanol–water partition coefficient (Wildman–Crippen LogP) is 3.50. The fourth-order valence-corrected chi connectivity index (χ4v) is 3.05. The number of hydrogen-bond acceptors (Lipinski definition) is 2. The van der Waals surface area contributed by atoms with E-state index in [1.54, 1.807) is 7.05 Å². The number of benzene rings is 1. The summed E-state index contributed by atoms with van der Waals surface area (Å²) < 4.78 is 0. The summed E-state index contributed by atoms with van der Waals surface area (Å²) in [7, 11) is 1.80. The number of hydrogen-bond donors (Lipinski definition) is 2. The number of rotatable bonds is 5. The molecule has 1 aromatic carbocycles. The Balaban J connectivity index is 0.00000264. The van der Waals surface area contributed by atoms with E-state index in [9.17, 15) is 0 Å². The molecule has 1 aliphatic heterocycles. The van der Waals surface area contributed by atoms with Crippen molar-refractivity contribution in [2.75, 3.05) is 26.7 Å². The fraction of sp³-hybridized carbons (Fsp3) is 0.588. The van der Waals surface area contributed by atoms with Gasteiger partial charge in [0.25, 0.3) is 0 Å². The summed E-state index contributed by atoms with van der Waals surface area (Å²) in [5, 5.41) is 7.48. The summed E-state index contributed by atoms with van der Waals surface area (Å²) in [6, 6.07) is 8.58. The van der Waals surface area contributed by atoms with Crippen LogP contribution in [0.4, 0.5) is 0 Å². The third kappa shape index (κ3) is 6.85. The number of nitrogens with one attached hydrogen (secondary N) is 2. The Morgan fingerprint density at radius 3 is 2.78 bits per heavy atom. The average Bonchev–Trinajstić information content (AvgIpc) is 2.54. The van der Waals surface area contributed by atoms with E-state index in [1.807, 2.05) is 24.3 Å². The maximum absolute atomic E-state index is 6.17. The maximum Gasteiger partial charge on any atom is 0.191 e. The van der Waals surface area contributed by atoms with Gasteiger partial charge in [-0.25, -0.2) is 0 Å². The van der Waals surface area contributed by atoms with Crippen LogP contribution in [0.3, 0.4) is 0 Å². The molecule has 1 saturated heterocycles. The zero-order valence-corrected chi connectivity index (χ0v) is 17.1. The van der Waals surface area contributed by atoms with Gasteiger partial charge in [-0.2, -0.15) is 0 Å². The monoisotopic (exact) mass is 450 g/mol. The van der Waals surface area contributed by atoms with Gasteiger partial charge in [-0.15, -0.1) is 24.0 Å². The predicted molar refractivity (Wildman–Crippen MR) is 110 cm³/mol. The third-order valence-corrected chi connectivity index (χ3v) is 4.63. The van der Waals surface area contributed by atoms with Crippen LogP contribution in [0.1, 0.15) is 31.7 Å². The van der Waals surface area contributed by atoms with Crippen LogP contribution in [-0.4, -0.2) is 43.6 Å². The molecular formula is C17H28ClIN4. The van der Waals surface area contributed by atoms with E-state index in [0.717, 1.165) is 29.6 Å². The van der Waals surface area contributed by atoms with Gasteiger partial charge in [0, 0.05) is 37.7 Å². The summed E-state index contributed by atoms with van der Waals surface area (Å²) in [6.45, 7) is 6.19. The molecule has 0 spiro atoms. The molecule has 1 unspecified atom stereocenters. The first-order valence-electron chi connectivity index (χ1n) is 8.12. The smallest absolute Gasteiger partial charge is 0.191 e. The van der Waals surface area contributed by atoms with Crippen molar-refractivity contribution in [1.29, 1.82) is 0 Å². The lowest BCUT2D eigenvalue weighted by molar-refractivity contribution is 0.163.